The lowest BCUT2D eigenvalue weighted by Gasteiger charge is -2.01. The molecule has 0 saturated carbocycles. The van der Waals surface area contributed by atoms with Gasteiger partial charge in [0.05, 0.1) is 0 Å². The monoisotopic (exact) mass is 158 g/mol. The molecular formula is C12H14. The van der Waals surface area contributed by atoms with Crippen molar-refractivity contribution < 1.29 is 0 Å². The molecule has 0 saturated heterocycles. The van der Waals surface area contributed by atoms with Gasteiger partial charge in [0.25, 0.3) is 0 Å². The number of hydrogen-bond donors (Lipinski definition) is 0. The smallest absolute Gasteiger partial charge is 0.0100 e. The number of allylic oxidation sites excluding steroid dienone is 1. The molecule has 0 amide bonds. The zero-order valence-corrected chi connectivity index (χ0v) is 7.34. The summed E-state index contributed by atoms with van der Waals surface area (Å²) < 4.78 is 0. The minimum atomic E-state index is 1.01. The Morgan fingerprint density at radius 1 is 1.25 bits per heavy atom. The summed E-state index contributed by atoms with van der Waals surface area (Å²) in [5.41, 5.74) is 4.53. The van der Waals surface area contributed by atoms with Crippen molar-refractivity contribution in [1.29, 1.82) is 0 Å². The van der Waals surface area contributed by atoms with E-state index >= 15 is 0 Å². The molecule has 0 aliphatic heterocycles. The Morgan fingerprint density at radius 2 is 2.08 bits per heavy atom. The molecule has 0 heterocycles. The predicted molar refractivity (Wildman–Crippen MR) is 52.4 cm³/mol. The lowest BCUT2D eigenvalue weighted by Crippen LogP contribution is -1.86. The second-order valence-corrected chi connectivity index (χ2v) is 3.45. The third-order valence-electron chi connectivity index (χ3n) is 2.54. The Labute approximate surface area is 73.9 Å². The van der Waals surface area contributed by atoms with Crippen LogP contribution in [0, 0.1) is 0 Å². The van der Waals surface area contributed by atoms with Crippen molar-refractivity contribution in [2.75, 3.05) is 0 Å². The molecule has 0 bridgehead atoms. The highest BCUT2D eigenvalue weighted by atomic mass is 14.1. The summed E-state index contributed by atoms with van der Waals surface area (Å²) in [6, 6.07) is 6.84. The van der Waals surface area contributed by atoms with E-state index in [1.807, 2.05) is 6.08 Å². The molecule has 0 nitrogen and oxygen atoms in total. The fourth-order valence-corrected chi connectivity index (χ4v) is 1.92. The average Bonchev–Trinajstić information content (AvgIpc) is 2.51. The summed E-state index contributed by atoms with van der Waals surface area (Å²) in [6.45, 7) is 3.75. The summed E-state index contributed by atoms with van der Waals surface area (Å²) in [4.78, 5) is 0. The van der Waals surface area contributed by atoms with E-state index in [-0.39, 0.29) is 0 Å². The Bertz CT molecular complexity index is 297. The van der Waals surface area contributed by atoms with Crippen LogP contribution in [0.5, 0.6) is 0 Å². The first kappa shape index (κ1) is 7.60. The quantitative estimate of drug-likeness (QED) is 0.580. The Morgan fingerprint density at radius 3 is 2.92 bits per heavy atom. The van der Waals surface area contributed by atoms with Crippen LogP contribution in [0.4, 0.5) is 0 Å². The van der Waals surface area contributed by atoms with E-state index < -0.39 is 0 Å². The van der Waals surface area contributed by atoms with Crippen molar-refractivity contribution in [1.82, 2.24) is 0 Å². The fourth-order valence-electron chi connectivity index (χ4n) is 1.92. The first-order chi connectivity index (χ1) is 5.90. The zero-order chi connectivity index (χ0) is 8.39. The van der Waals surface area contributed by atoms with Gasteiger partial charge in [0.2, 0.25) is 0 Å². The van der Waals surface area contributed by atoms with Crippen LogP contribution < -0.4 is 0 Å². The van der Waals surface area contributed by atoms with Crippen LogP contribution in [0.2, 0.25) is 0 Å². The molecule has 0 aromatic heterocycles. The molecule has 12 heavy (non-hydrogen) atoms. The molecule has 0 radical (unpaired) electrons. The van der Waals surface area contributed by atoms with Crippen molar-refractivity contribution in [2.45, 2.75) is 25.7 Å². The van der Waals surface area contributed by atoms with Gasteiger partial charge in [-0.15, -0.1) is 6.58 Å². The lowest BCUT2D eigenvalue weighted by molar-refractivity contribution is 0.911. The molecule has 0 spiro atoms. The minimum Gasteiger partial charge on any atom is -0.103 e. The van der Waals surface area contributed by atoms with Crippen LogP contribution >= 0.6 is 0 Å². The number of benzene rings is 1. The molecule has 62 valence electrons. The first-order valence-corrected chi connectivity index (χ1v) is 4.62. The highest BCUT2D eigenvalue weighted by Gasteiger charge is 2.09. The molecule has 1 aliphatic carbocycles. The third kappa shape index (κ3) is 1.29. The zero-order valence-electron chi connectivity index (χ0n) is 7.34. The van der Waals surface area contributed by atoms with E-state index in [2.05, 4.69) is 24.8 Å². The standard InChI is InChI=1S/C12H14/c1-2-4-10-7-8-11-5-3-6-12(11)9-10/h2,7-9H,1,3-6H2. The first-order valence-electron chi connectivity index (χ1n) is 4.62. The fraction of sp³-hybridized carbons (Fsp3) is 0.333. The maximum Gasteiger partial charge on any atom is -0.0100 e. The van der Waals surface area contributed by atoms with Gasteiger partial charge in [-0.1, -0.05) is 24.3 Å². The number of rotatable bonds is 2. The van der Waals surface area contributed by atoms with Gasteiger partial charge in [0, 0.05) is 0 Å². The molecule has 0 atom stereocenters. The summed E-state index contributed by atoms with van der Waals surface area (Å²) in [5.74, 6) is 0. The summed E-state index contributed by atoms with van der Waals surface area (Å²) >= 11 is 0. The second-order valence-electron chi connectivity index (χ2n) is 3.45. The van der Waals surface area contributed by atoms with Gasteiger partial charge >= 0.3 is 0 Å². The van der Waals surface area contributed by atoms with Gasteiger partial charge in [0.15, 0.2) is 0 Å². The normalized spacial score (nSPS) is 14.3. The molecule has 1 aromatic rings. The average molecular weight is 158 g/mol. The van der Waals surface area contributed by atoms with Gasteiger partial charge in [-0.3, -0.25) is 0 Å². The molecule has 0 unspecified atom stereocenters. The van der Waals surface area contributed by atoms with E-state index in [9.17, 15) is 0 Å². The van der Waals surface area contributed by atoms with Crippen LogP contribution in [0.25, 0.3) is 0 Å². The van der Waals surface area contributed by atoms with Crippen LogP contribution in [0.3, 0.4) is 0 Å². The van der Waals surface area contributed by atoms with Crippen LogP contribution in [0.1, 0.15) is 23.1 Å². The number of aryl methyl sites for hydroxylation is 2. The van der Waals surface area contributed by atoms with Gasteiger partial charge in [0.1, 0.15) is 0 Å². The topological polar surface area (TPSA) is 0 Å². The van der Waals surface area contributed by atoms with Gasteiger partial charge in [-0.25, -0.2) is 0 Å². The van der Waals surface area contributed by atoms with Crippen LogP contribution in [-0.2, 0) is 19.3 Å². The Kier molecular flexibility index (Phi) is 1.99. The molecule has 0 fully saturated rings. The van der Waals surface area contributed by atoms with E-state index in [1.54, 1.807) is 11.1 Å². The van der Waals surface area contributed by atoms with Crippen LogP contribution in [0.15, 0.2) is 30.9 Å². The van der Waals surface area contributed by atoms with Crippen molar-refractivity contribution in [3.05, 3.63) is 47.5 Å². The van der Waals surface area contributed by atoms with E-state index in [0.29, 0.717) is 0 Å². The summed E-state index contributed by atoms with van der Waals surface area (Å²) in [6.07, 6.45) is 6.88. The SMILES string of the molecule is C=CCc1ccc2c(c1)CCC2. The summed E-state index contributed by atoms with van der Waals surface area (Å²) in [5, 5.41) is 0. The van der Waals surface area contributed by atoms with Gasteiger partial charge in [-0.2, -0.15) is 0 Å². The van der Waals surface area contributed by atoms with Crippen molar-refractivity contribution >= 4 is 0 Å². The number of hydrogen-bond acceptors (Lipinski definition) is 0. The van der Waals surface area contributed by atoms with Crippen molar-refractivity contribution in [3.8, 4) is 0 Å². The molecule has 0 N–H and O–H groups in total. The van der Waals surface area contributed by atoms with Crippen molar-refractivity contribution in [2.24, 2.45) is 0 Å². The predicted octanol–water partition coefficient (Wildman–Crippen LogP) is 2.90. The molecule has 0 heteroatoms. The van der Waals surface area contributed by atoms with Crippen molar-refractivity contribution in [3.63, 3.8) is 0 Å². The Balaban J connectivity index is 2.32. The maximum absolute atomic E-state index is 3.75. The third-order valence-corrected chi connectivity index (χ3v) is 2.54. The molecule has 2 rings (SSSR count). The molecule has 1 aliphatic rings. The van der Waals surface area contributed by atoms with E-state index in [1.165, 1.54) is 24.8 Å². The van der Waals surface area contributed by atoms with E-state index in [0.717, 1.165) is 6.42 Å². The highest BCUT2D eigenvalue weighted by Crippen LogP contribution is 2.22. The molecule has 1 aromatic carbocycles. The lowest BCUT2D eigenvalue weighted by atomic mass is 10.0. The van der Waals surface area contributed by atoms with Gasteiger partial charge in [-0.05, 0) is 42.4 Å². The minimum absolute atomic E-state index is 1.01. The Hall–Kier alpha value is -1.04. The molecular weight excluding hydrogens is 144 g/mol. The highest BCUT2D eigenvalue weighted by molar-refractivity contribution is 5.35. The summed E-state index contributed by atoms with van der Waals surface area (Å²) in [7, 11) is 0. The largest absolute Gasteiger partial charge is 0.103 e. The van der Waals surface area contributed by atoms with Gasteiger partial charge < -0.3 is 0 Å². The maximum atomic E-state index is 3.75. The van der Waals surface area contributed by atoms with E-state index in [4.69, 9.17) is 0 Å². The van der Waals surface area contributed by atoms with Crippen LogP contribution in [-0.4, -0.2) is 0 Å². The second kappa shape index (κ2) is 3.14. The number of fused-ring (bicyclic) bond motifs is 1.